The van der Waals surface area contributed by atoms with Gasteiger partial charge in [-0.05, 0) is 55.5 Å². The maximum atomic E-state index is 6.13. The highest BCUT2D eigenvalue weighted by Crippen LogP contribution is 2.25. The topological polar surface area (TPSA) is 29.3 Å². The number of halogens is 1. The lowest BCUT2D eigenvalue weighted by Gasteiger charge is -2.33. The quantitative estimate of drug-likeness (QED) is 0.916. The van der Waals surface area contributed by atoms with E-state index < -0.39 is 0 Å². The zero-order chi connectivity index (χ0) is 13.8. The smallest absolute Gasteiger partial charge is 0.0409 e. The first-order chi connectivity index (χ1) is 9.10. The maximum Gasteiger partial charge on any atom is 0.0409 e. The lowest BCUT2D eigenvalue weighted by atomic mass is 9.92. The maximum absolute atomic E-state index is 6.13. The number of piperidine rings is 1. The minimum atomic E-state index is 0.393. The van der Waals surface area contributed by atoms with Crippen molar-refractivity contribution < 1.29 is 0 Å². The van der Waals surface area contributed by atoms with Crippen LogP contribution in [0.2, 0.25) is 5.02 Å². The van der Waals surface area contributed by atoms with E-state index in [4.69, 9.17) is 17.3 Å². The molecule has 0 amide bonds. The molecule has 19 heavy (non-hydrogen) atoms. The number of benzene rings is 1. The first kappa shape index (κ1) is 14.8. The molecule has 0 bridgehead atoms. The minimum absolute atomic E-state index is 0.393. The summed E-state index contributed by atoms with van der Waals surface area (Å²) in [5, 5.41) is 0.811. The van der Waals surface area contributed by atoms with E-state index in [-0.39, 0.29) is 0 Å². The van der Waals surface area contributed by atoms with E-state index in [0.717, 1.165) is 17.5 Å². The molecule has 0 saturated carbocycles. The Balaban J connectivity index is 2.09. The van der Waals surface area contributed by atoms with Crippen LogP contribution in [0.1, 0.15) is 36.8 Å². The van der Waals surface area contributed by atoms with Crippen molar-refractivity contribution in [1.82, 2.24) is 4.90 Å². The molecule has 1 fully saturated rings. The lowest BCUT2D eigenvalue weighted by molar-refractivity contribution is 0.175. The van der Waals surface area contributed by atoms with Crippen molar-refractivity contribution in [1.29, 1.82) is 0 Å². The van der Waals surface area contributed by atoms with Gasteiger partial charge in [-0.3, -0.25) is 0 Å². The van der Waals surface area contributed by atoms with E-state index in [9.17, 15) is 0 Å². The second-order valence-corrected chi connectivity index (χ2v) is 6.38. The van der Waals surface area contributed by atoms with Crippen molar-refractivity contribution in [3.8, 4) is 0 Å². The lowest BCUT2D eigenvalue weighted by Crippen LogP contribution is -2.38. The Morgan fingerprint density at radius 2 is 2.26 bits per heavy atom. The first-order valence-corrected chi connectivity index (χ1v) is 7.66. The van der Waals surface area contributed by atoms with Crippen LogP contribution in [0, 0.1) is 12.8 Å². The summed E-state index contributed by atoms with van der Waals surface area (Å²) in [7, 11) is 0. The third kappa shape index (κ3) is 3.95. The van der Waals surface area contributed by atoms with E-state index in [1.807, 2.05) is 6.07 Å². The number of hydrogen-bond donors (Lipinski definition) is 1. The second kappa shape index (κ2) is 6.74. The SMILES string of the molecule is Cc1ccc(Cl)cc1C(CN)CN1CCCC(C)C1. The Morgan fingerprint density at radius 3 is 2.95 bits per heavy atom. The van der Waals surface area contributed by atoms with Crippen molar-refractivity contribution in [3.63, 3.8) is 0 Å². The Morgan fingerprint density at radius 1 is 1.47 bits per heavy atom. The molecule has 1 aliphatic rings. The average molecular weight is 281 g/mol. The van der Waals surface area contributed by atoms with Crippen molar-refractivity contribution in [2.24, 2.45) is 11.7 Å². The monoisotopic (exact) mass is 280 g/mol. The van der Waals surface area contributed by atoms with E-state index in [0.29, 0.717) is 12.5 Å². The molecule has 0 spiro atoms. The van der Waals surface area contributed by atoms with Crippen LogP contribution in [0.25, 0.3) is 0 Å². The summed E-state index contributed by atoms with van der Waals surface area (Å²) >= 11 is 6.13. The highest BCUT2D eigenvalue weighted by molar-refractivity contribution is 6.30. The van der Waals surface area contributed by atoms with Gasteiger partial charge in [-0.2, -0.15) is 0 Å². The van der Waals surface area contributed by atoms with Crippen LogP contribution in [0.4, 0.5) is 0 Å². The van der Waals surface area contributed by atoms with Crippen molar-refractivity contribution in [2.75, 3.05) is 26.2 Å². The fourth-order valence-corrected chi connectivity index (χ4v) is 3.30. The summed E-state index contributed by atoms with van der Waals surface area (Å²) in [5.74, 6) is 1.21. The standard InChI is InChI=1S/C16H25ClN2/c1-12-4-3-7-19(10-12)11-14(9-18)16-8-15(17)6-5-13(16)2/h5-6,8,12,14H,3-4,7,9-11,18H2,1-2H3. The van der Waals surface area contributed by atoms with Crippen molar-refractivity contribution >= 4 is 11.6 Å². The molecule has 2 atom stereocenters. The molecule has 1 heterocycles. The second-order valence-electron chi connectivity index (χ2n) is 5.94. The van der Waals surface area contributed by atoms with Gasteiger partial charge >= 0.3 is 0 Å². The Labute approximate surface area is 121 Å². The summed E-state index contributed by atoms with van der Waals surface area (Å²) in [6.45, 7) is 8.64. The fourth-order valence-electron chi connectivity index (χ4n) is 3.12. The minimum Gasteiger partial charge on any atom is -0.330 e. The highest BCUT2D eigenvalue weighted by atomic mass is 35.5. The van der Waals surface area contributed by atoms with Gasteiger partial charge in [0.25, 0.3) is 0 Å². The van der Waals surface area contributed by atoms with Crippen LogP contribution in [0.15, 0.2) is 18.2 Å². The third-order valence-electron chi connectivity index (χ3n) is 4.19. The van der Waals surface area contributed by atoms with Crippen LogP contribution in [0.5, 0.6) is 0 Å². The molecule has 0 aromatic heterocycles. The molecule has 106 valence electrons. The molecule has 2 N–H and O–H groups in total. The van der Waals surface area contributed by atoms with Gasteiger partial charge in [0.15, 0.2) is 0 Å². The number of hydrogen-bond acceptors (Lipinski definition) is 2. The van der Waals surface area contributed by atoms with Gasteiger partial charge in [0, 0.05) is 30.6 Å². The van der Waals surface area contributed by atoms with Gasteiger partial charge in [0.1, 0.15) is 0 Å². The number of likely N-dealkylation sites (tertiary alicyclic amines) is 1. The van der Waals surface area contributed by atoms with Crippen LogP contribution in [-0.4, -0.2) is 31.1 Å². The Kier molecular flexibility index (Phi) is 5.26. The summed E-state index contributed by atoms with van der Waals surface area (Å²) in [6.07, 6.45) is 2.67. The zero-order valence-corrected chi connectivity index (χ0v) is 12.8. The normalized spacial score (nSPS) is 22.4. The first-order valence-electron chi connectivity index (χ1n) is 7.28. The summed E-state index contributed by atoms with van der Waals surface area (Å²) < 4.78 is 0. The Bertz CT molecular complexity index is 419. The van der Waals surface area contributed by atoms with Crippen molar-refractivity contribution in [2.45, 2.75) is 32.6 Å². The molecule has 1 saturated heterocycles. The van der Waals surface area contributed by atoms with Crippen molar-refractivity contribution in [3.05, 3.63) is 34.3 Å². The van der Waals surface area contributed by atoms with Gasteiger partial charge < -0.3 is 10.6 Å². The van der Waals surface area contributed by atoms with Gasteiger partial charge in [0.2, 0.25) is 0 Å². The molecular weight excluding hydrogens is 256 g/mol. The molecular formula is C16H25ClN2. The van der Waals surface area contributed by atoms with Crippen LogP contribution >= 0.6 is 11.6 Å². The molecule has 1 aromatic rings. The summed E-state index contributed by atoms with van der Waals surface area (Å²) in [4.78, 5) is 2.56. The Hall–Kier alpha value is -0.570. The fraction of sp³-hybridized carbons (Fsp3) is 0.625. The highest BCUT2D eigenvalue weighted by Gasteiger charge is 2.21. The molecule has 2 rings (SSSR count). The van der Waals surface area contributed by atoms with Gasteiger partial charge in [-0.15, -0.1) is 0 Å². The van der Waals surface area contributed by atoms with E-state index in [2.05, 4.69) is 30.9 Å². The average Bonchev–Trinajstić information content (AvgIpc) is 2.39. The molecule has 3 heteroatoms. The van der Waals surface area contributed by atoms with Crippen LogP contribution in [0.3, 0.4) is 0 Å². The van der Waals surface area contributed by atoms with E-state index in [1.54, 1.807) is 0 Å². The van der Waals surface area contributed by atoms with Gasteiger partial charge in [-0.1, -0.05) is 24.6 Å². The van der Waals surface area contributed by atoms with Crippen LogP contribution < -0.4 is 5.73 Å². The molecule has 0 aliphatic carbocycles. The largest absolute Gasteiger partial charge is 0.330 e. The van der Waals surface area contributed by atoms with E-state index in [1.165, 1.54) is 37.1 Å². The number of rotatable bonds is 4. The van der Waals surface area contributed by atoms with Gasteiger partial charge in [-0.25, -0.2) is 0 Å². The third-order valence-corrected chi connectivity index (χ3v) is 4.42. The van der Waals surface area contributed by atoms with Gasteiger partial charge in [0.05, 0.1) is 0 Å². The molecule has 2 nitrogen and oxygen atoms in total. The molecule has 1 aliphatic heterocycles. The predicted octanol–water partition coefficient (Wildman–Crippen LogP) is 3.42. The number of aryl methyl sites for hydroxylation is 1. The number of nitrogens with two attached hydrogens (primary N) is 1. The predicted molar refractivity (Wildman–Crippen MR) is 82.8 cm³/mol. The number of nitrogens with zero attached hydrogens (tertiary/aromatic N) is 1. The zero-order valence-electron chi connectivity index (χ0n) is 12.0. The molecule has 1 aromatic carbocycles. The molecule has 0 radical (unpaired) electrons. The van der Waals surface area contributed by atoms with Crippen LogP contribution in [-0.2, 0) is 0 Å². The summed E-state index contributed by atoms with van der Waals surface area (Å²) in [5.41, 5.74) is 8.62. The summed E-state index contributed by atoms with van der Waals surface area (Å²) in [6, 6.07) is 6.14. The molecule has 2 unspecified atom stereocenters. The van der Waals surface area contributed by atoms with E-state index >= 15 is 0 Å².